The van der Waals surface area contributed by atoms with Crippen LogP contribution in [-0.2, 0) is 6.54 Å². The summed E-state index contributed by atoms with van der Waals surface area (Å²) in [5.74, 6) is 1.13. The van der Waals surface area contributed by atoms with Crippen molar-refractivity contribution in [1.82, 2.24) is 5.16 Å². The Morgan fingerprint density at radius 3 is 2.65 bits per heavy atom. The fourth-order valence-electron chi connectivity index (χ4n) is 1.66. The smallest absolute Gasteiger partial charge is 0.138 e. The van der Waals surface area contributed by atoms with E-state index in [1.807, 2.05) is 32.9 Å². The number of anilines is 1. The fourth-order valence-corrected chi connectivity index (χ4v) is 1.66. The van der Waals surface area contributed by atoms with Crippen LogP contribution in [0, 0.1) is 20.8 Å². The fraction of sp³-hybridized carbons (Fsp3) is 0.308. The van der Waals surface area contributed by atoms with Crippen molar-refractivity contribution in [3.8, 4) is 5.75 Å². The van der Waals surface area contributed by atoms with Crippen molar-refractivity contribution in [2.24, 2.45) is 0 Å². The number of nitrogens with zero attached hydrogens (tertiary/aromatic N) is 1. The van der Waals surface area contributed by atoms with Gasteiger partial charge in [0.05, 0.1) is 5.69 Å². The van der Waals surface area contributed by atoms with E-state index in [1.165, 1.54) is 0 Å². The number of benzene rings is 1. The molecular weight excluding hydrogens is 216 g/mol. The molecule has 0 radical (unpaired) electrons. The number of hydrogen-bond acceptors (Lipinski definition) is 4. The van der Waals surface area contributed by atoms with Gasteiger partial charge in [0.25, 0.3) is 0 Å². The van der Waals surface area contributed by atoms with Crippen LogP contribution in [0.25, 0.3) is 0 Å². The molecule has 0 bridgehead atoms. The van der Waals surface area contributed by atoms with E-state index in [1.54, 1.807) is 6.07 Å². The van der Waals surface area contributed by atoms with Gasteiger partial charge in [-0.15, -0.1) is 0 Å². The zero-order valence-corrected chi connectivity index (χ0v) is 10.2. The Morgan fingerprint density at radius 2 is 2.06 bits per heavy atom. The van der Waals surface area contributed by atoms with Gasteiger partial charge in [0.1, 0.15) is 11.5 Å². The van der Waals surface area contributed by atoms with E-state index >= 15 is 0 Å². The SMILES string of the molecule is Cc1ccc(NCc2c(C)noc2C)cc1O. The molecule has 0 saturated carbocycles. The van der Waals surface area contributed by atoms with Crippen molar-refractivity contribution < 1.29 is 9.63 Å². The first kappa shape index (κ1) is 11.5. The Balaban J connectivity index is 2.10. The second-order valence-corrected chi connectivity index (χ2v) is 4.16. The Hall–Kier alpha value is -1.97. The van der Waals surface area contributed by atoms with Crippen molar-refractivity contribution in [3.63, 3.8) is 0 Å². The van der Waals surface area contributed by atoms with Crippen LogP contribution in [0.2, 0.25) is 0 Å². The molecule has 0 fully saturated rings. The van der Waals surface area contributed by atoms with Crippen molar-refractivity contribution in [1.29, 1.82) is 0 Å². The molecule has 2 aromatic rings. The van der Waals surface area contributed by atoms with Gasteiger partial charge in [0, 0.05) is 23.9 Å². The van der Waals surface area contributed by atoms with Gasteiger partial charge in [0.2, 0.25) is 0 Å². The third-order valence-corrected chi connectivity index (χ3v) is 2.86. The average molecular weight is 232 g/mol. The number of phenolic OH excluding ortho intramolecular Hbond substituents is 1. The Bertz CT molecular complexity index is 513. The van der Waals surface area contributed by atoms with Crippen LogP contribution in [0.15, 0.2) is 22.7 Å². The zero-order valence-electron chi connectivity index (χ0n) is 10.2. The van der Waals surface area contributed by atoms with E-state index < -0.39 is 0 Å². The summed E-state index contributed by atoms with van der Waals surface area (Å²) in [4.78, 5) is 0. The summed E-state index contributed by atoms with van der Waals surface area (Å²) >= 11 is 0. The Labute approximate surface area is 100 Å². The molecule has 90 valence electrons. The van der Waals surface area contributed by atoms with Gasteiger partial charge in [-0.25, -0.2) is 0 Å². The number of aromatic hydroxyl groups is 1. The van der Waals surface area contributed by atoms with E-state index in [-0.39, 0.29) is 0 Å². The highest BCUT2D eigenvalue weighted by Gasteiger charge is 2.08. The monoisotopic (exact) mass is 232 g/mol. The third-order valence-electron chi connectivity index (χ3n) is 2.86. The minimum atomic E-state index is 0.300. The molecule has 1 heterocycles. The van der Waals surface area contributed by atoms with E-state index in [0.29, 0.717) is 12.3 Å². The highest BCUT2D eigenvalue weighted by molar-refractivity contribution is 5.51. The average Bonchev–Trinajstić information content (AvgIpc) is 2.61. The molecule has 0 aliphatic carbocycles. The number of phenols is 1. The summed E-state index contributed by atoms with van der Waals surface area (Å²) < 4.78 is 5.09. The van der Waals surface area contributed by atoms with Gasteiger partial charge < -0.3 is 14.9 Å². The highest BCUT2D eigenvalue weighted by Crippen LogP contribution is 2.22. The maximum absolute atomic E-state index is 9.60. The van der Waals surface area contributed by atoms with Gasteiger partial charge in [-0.3, -0.25) is 0 Å². The molecule has 17 heavy (non-hydrogen) atoms. The van der Waals surface area contributed by atoms with Crippen LogP contribution in [0.4, 0.5) is 5.69 Å². The second kappa shape index (κ2) is 4.49. The van der Waals surface area contributed by atoms with Gasteiger partial charge >= 0.3 is 0 Å². The first-order chi connectivity index (χ1) is 8.08. The second-order valence-electron chi connectivity index (χ2n) is 4.16. The first-order valence-electron chi connectivity index (χ1n) is 5.53. The molecule has 0 aliphatic rings. The van der Waals surface area contributed by atoms with Crippen molar-refractivity contribution in [2.75, 3.05) is 5.32 Å². The third kappa shape index (κ3) is 2.41. The van der Waals surface area contributed by atoms with E-state index in [0.717, 1.165) is 28.3 Å². The topological polar surface area (TPSA) is 58.3 Å². The lowest BCUT2D eigenvalue weighted by Gasteiger charge is -2.07. The summed E-state index contributed by atoms with van der Waals surface area (Å²) in [5.41, 5.74) is 3.71. The van der Waals surface area contributed by atoms with Gasteiger partial charge in [-0.2, -0.15) is 0 Å². The van der Waals surface area contributed by atoms with Gasteiger partial charge in [-0.1, -0.05) is 11.2 Å². The molecule has 2 rings (SSSR count). The summed E-state index contributed by atoms with van der Waals surface area (Å²) in [6.45, 7) is 6.32. The molecule has 2 N–H and O–H groups in total. The van der Waals surface area contributed by atoms with Crippen LogP contribution in [-0.4, -0.2) is 10.3 Å². The zero-order chi connectivity index (χ0) is 12.4. The molecule has 1 aromatic heterocycles. The predicted octanol–water partition coefficient (Wildman–Crippen LogP) is 2.92. The van der Waals surface area contributed by atoms with E-state index in [2.05, 4.69) is 10.5 Å². The molecule has 0 amide bonds. The molecule has 0 aliphatic heterocycles. The molecule has 4 heteroatoms. The van der Waals surface area contributed by atoms with Gasteiger partial charge in [-0.05, 0) is 32.4 Å². The van der Waals surface area contributed by atoms with Crippen LogP contribution in [0.5, 0.6) is 5.75 Å². The molecule has 1 aromatic carbocycles. The summed E-state index contributed by atoms with van der Waals surface area (Å²) in [7, 11) is 0. The van der Waals surface area contributed by atoms with Crippen molar-refractivity contribution in [2.45, 2.75) is 27.3 Å². The highest BCUT2D eigenvalue weighted by atomic mass is 16.5. The van der Waals surface area contributed by atoms with E-state index in [4.69, 9.17) is 4.52 Å². The molecule has 0 spiro atoms. The first-order valence-corrected chi connectivity index (χ1v) is 5.53. The lowest BCUT2D eigenvalue weighted by Crippen LogP contribution is -2.01. The lowest BCUT2D eigenvalue weighted by atomic mass is 10.2. The largest absolute Gasteiger partial charge is 0.508 e. The molecule has 0 saturated heterocycles. The Morgan fingerprint density at radius 1 is 1.29 bits per heavy atom. The standard InChI is InChI=1S/C13H16N2O2/c1-8-4-5-11(6-13(8)16)14-7-12-9(2)15-17-10(12)3/h4-6,14,16H,7H2,1-3H3. The summed E-state index contributed by atoms with van der Waals surface area (Å²) in [5, 5.41) is 16.7. The molecular formula is C13H16N2O2. The molecule has 0 atom stereocenters. The molecule has 0 unspecified atom stereocenters. The van der Waals surface area contributed by atoms with Gasteiger partial charge in [0.15, 0.2) is 0 Å². The van der Waals surface area contributed by atoms with Crippen LogP contribution in [0.1, 0.15) is 22.6 Å². The molecule has 4 nitrogen and oxygen atoms in total. The van der Waals surface area contributed by atoms with E-state index in [9.17, 15) is 5.11 Å². The number of rotatable bonds is 3. The van der Waals surface area contributed by atoms with Crippen LogP contribution < -0.4 is 5.32 Å². The Kier molecular flexibility index (Phi) is 3.04. The normalized spacial score (nSPS) is 10.5. The number of hydrogen-bond donors (Lipinski definition) is 2. The summed E-state index contributed by atoms with van der Waals surface area (Å²) in [6, 6.07) is 5.53. The van der Waals surface area contributed by atoms with Crippen molar-refractivity contribution in [3.05, 3.63) is 40.8 Å². The summed E-state index contributed by atoms with van der Waals surface area (Å²) in [6.07, 6.45) is 0. The lowest BCUT2D eigenvalue weighted by molar-refractivity contribution is 0.392. The quantitative estimate of drug-likeness (QED) is 0.854. The van der Waals surface area contributed by atoms with Crippen LogP contribution >= 0.6 is 0 Å². The maximum atomic E-state index is 9.60. The number of aromatic nitrogens is 1. The van der Waals surface area contributed by atoms with Crippen molar-refractivity contribution >= 4 is 5.69 Å². The predicted molar refractivity (Wildman–Crippen MR) is 66.1 cm³/mol. The number of nitrogens with one attached hydrogen (secondary N) is 1. The minimum Gasteiger partial charge on any atom is -0.508 e. The number of aryl methyl sites for hydroxylation is 3. The maximum Gasteiger partial charge on any atom is 0.138 e. The minimum absolute atomic E-state index is 0.300. The van der Waals surface area contributed by atoms with Crippen LogP contribution in [0.3, 0.4) is 0 Å².